The number of hydrogen-bond donors (Lipinski definition) is 2. The van der Waals surface area contributed by atoms with Gasteiger partial charge in [0.05, 0.1) is 12.8 Å². The number of carbonyl (C=O) groups is 1. The Morgan fingerprint density at radius 1 is 1.45 bits per heavy atom. The van der Waals surface area contributed by atoms with Crippen molar-refractivity contribution in [2.45, 2.75) is 19.5 Å². The molecule has 2 N–H and O–H groups in total. The number of halogens is 2. The summed E-state index contributed by atoms with van der Waals surface area (Å²) in [6.07, 6.45) is 1.54. The predicted octanol–water partition coefficient (Wildman–Crippen LogP) is 3.19. The van der Waals surface area contributed by atoms with Gasteiger partial charge in [-0.25, -0.2) is 4.39 Å². The average Bonchev–Trinajstić information content (AvgIpc) is 2.87. The van der Waals surface area contributed by atoms with Crippen molar-refractivity contribution in [2.24, 2.45) is 0 Å². The first-order valence-corrected chi connectivity index (χ1v) is 6.45. The monoisotopic (exact) mass is 296 g/mol. The Morgan fingerprint density at radius 2 is 2.25 bits per heavy atom. The molecule has 1 aromatic heterocycles. The second kappa shape index (κ2) is 6.43. The van der Waals surface area contributed by atoms with Crippen LogP contribution in [0.4, 0.5) is 10.1 Å². The van der Waals surface area contributed by atoms with Crippen LogP contribution in [0.15, 0.2) is 41.0 Å². The van der Waals surface area contributed by atoms with Crippen LogP contribution >= 0.6 is 11.6 Å². The molecule has 0 bridgehead atoms. The summed E-state index contributed by atoms with van der Waals surface area (Å²) >= 11 is 5.75. The summed E-state index contributed by atoms with van der Waals surface area (Å²) in [6, 6.07) is 7.03. The minimum Gasteiger partial charge on any atom is -0.467 e. The highest BCUT2D eigenvalue weighted by molar-refractivity contribution is 6.30. The van der Waals surface area contributed by atoms with E-state index in [0.717, 1.165) is 0 Å². The van der Waals surface area contributed by atoms with Crippen molar-refractivity contribution in [1.82, 2.24) is 5.32 Å². The van der Waals surface area contributed by atoms with E-state index in [4.69, 9.17) is 16.0 Å². The SMILES string of the molecule is CC(Nc1cc(F)cc(Cl)c1)C(=O)NCc1ccco1. The fourth-order valence-corrected chi connectivity index (χ4v) is 1.91. The number of rotatable bonds is 5. The molecule has 0 aliphatic rings. The number of furan rings is 1. The van der Waals surface area contributed by atoms with E-state index in [1.807, 2.05) is 0 Å². The average molecular weight is 297 g/mol. The van der Waals surface area contributed by atoms with Crippen LogP contribution in [-0.2, 0) is 11.3 Å². The largest absolute Gasteiger partial charge is 0.467 e. The van der Waals surface area contributed by atoms with Gasteiger partial charge in [-0.15, -0.1) is 0 Å². The van der Waals surface area contributed by atoms with Gasteiger partial charge in [-0.2, -0.15) is 0 Å². The Balaban J connectivity index is 1.90. The fourth-order valence-electron chi connectivity index (χ4n) is 1.69. The smallest absolute Gasteiger partial charge is 0.242 e. The zero-order valence-electron chi connectivity index (χ0n) is 10.8. The summed E-state index contributed by atoms with van der Waals surface area (Å²) in [7, 11) is 0. The van der Waals surface area contributed by atoms with Crippen molar-refractivity contribution in [3.8, 4) is 0 Å². The molecule has 106 valence electrons. The van der Waals surface area contributed by atoms with E-state index in [9.17, 15) is 9.18 Å². The molecule has 20 heavy (non-hydrogen) atoms. The quantitative estimate of drug-likeness (QED) is 0.891. The van der Waals surface area contributed by atoms with Gasteiger partial charge in [-0.1, -0.05) is 11.6 Å². The van der Waals surface area contributed by atoms with E-state index >= 15 is 0 Å². The van der Waals surface area contributed by atoms with Crippen LogP contribution in [-0.4, -0.2) is 11.9 Å². The Labute approximate surface area is 120 Å². The Hall–Kier alpha value is -2.01. The second-order valence-electron chi connectivity index (χ2n) is 4.32. The van der Waals surface area contributed by atoms with Crippen molar-refractivity contribution < 1.29 is 13.6 Å². The number of anilines is 1. The first kappa shape index (κ1) is 14.4. The Morgan fingerprint density at radius 3 is 2.90 bits per heavy atom. The molecule has 1 unspecified atom stereocenters. The van der Waals surface area contributed by atoms with Crippen LogP contribution in [0.3, 0.4) is 0 Å². The van der Waals surface area contributed by atoms with Crippen LogP contribution in [0, 0.1) is 5.82 Å². The van der Waals surface area contributed by atoms with E-state index in [2.05, 4.69) is 10.6 Å². The number of nitrogens with one attached hydrogen (secondary N) is 2. The Bertz CT molecular complexity index is 567. The van der Waals surface area contributed by atoms with Gasteiger partial charge in [0, 0.05) is 10.7 Å². The van der Waals surface area contributed by atoms with Gasteiger partial charge < -0.3 is 15.1 Å². The number of benzene rings is 1. The van der Waals surface area contributed by atoms with Crippen molar-refractivity contribution >= 4 is 23.2 Å². The minimum absolute atomic E-state index is 0.221. The lowest BCUT2D eigenvalue weighted by molar-refractivity contribution is -0.121. The van der Waals surface area contributed by atoms with Crippen LogP contribution in [0.1, 0.15) is 12.7 Å². The molecular weight excluding hydrogens is 283 g/mol. The fraction of sp³-hybridized carbons (Fsp3) is 0.214. The molecule has 2 aromatic rings. The van der Waals surface area contributed by atoms with Crippen LogP contribution < -0.4 is 10.6 Å². The molecule has 6 heteroatoms. The molecule has 0 saturated carbocycles. The van der Waals surface area contributed by atoms with Gasteiger partial charge in [-0.05, 0) is 37.3 Å². The summed E-state index contributed by atoms with van der Waals surface area (Å²) in [6.45, 7) is 1.98. The zero-order chi connectivity index (χ0) is 14.5. The highest BCUT2D eigenvalue weighted by Gasteiger charge is 2.13. The zero-order valence-corrected chi connectivity index (χ0v) is 11.6. The third-order valence-electron chi connectivity index (χ3n) is 2.66. The van der Waals surface area contributed by atoms with Crippen molar-refractivity contribution in [1.29, 1.82) is 0 Å². The van der Waals surface area contributed by atoms with Gasteiger partial charge in [0.15, 0.2) is 0 Å². The molecule has 2 rings (SSSR count). The maximum Gasteiger partial charge on any atom is 0.242 e. The van der Waals surface area contributed by atoms with Gasteiger partial charge in [-0.3, -0.25) is 4.79 Å². The van der Waals surface area contributed by atoms with Crippen LogP contribution in [0.2, 0.25) is 5.02 Å². The molecule has 4 nitrogen and oxygen atoms in total. The van der Waals surface area contributed by atoms with Gasteiger partial charge >= 0.3 is 0 Å². The van der Waals surface area contributed by atoms with E-state index in [1.165, 1.54) is 18.4 Å². The van der Waals surface area contributed by atoms with Crippen LogP contribution in [0.25, 0.3) is 0 Å². The molecule has 0 saturated heterocycles. The standard InChI is InChI=1S/C14H14ClFN2O2/c1-9(14(19)17-8-13-3-2-4-20-13)18-12-6-10(15)5-11(16)7-12/h2-7,9,18H,8H2,1H3,(H,17,19). The maximum atomic E-state index is 13.2. The molecule has 0 fully saturated rings. The predicted molar refractivity (Wildman–Crippen MR) is 75.0 cm³/mol. The Kier molecular flexibility index (Phi) is 4.63. The molecule has 0 aliphatic heterocycles. The third-order valence-corrected chi connectivity index (χ3v) is 2.87. The van der Waals surface area contributed by atoms with E-state index < -0.39 is 11.9 Å². The molecular formula is C14H14ClFN2O2. The molecule has 0 aliphatic carbocycles. The lowest BCUT2D eigenvalue weighted by atomic mass is 10.2. The molecule has 0 radical (unpaired) electrons. The lowest BCUT2D eigenvalue weighted by Gasteiger charge is -2.15. The highest BCUT2D eigenvalue weighted by atomic mass is 35.5. The normalized spacial score (nSPS) is 11.9. The van der Waals surface area contributed by atoms with Gasteiger partial charge in [0.2, 0.25) is 5.91 Å². The molecule has 0 spiro atoms. The van der Waals surface area contributed by atoms with E-state index in [-0.39, 0.29) is 10.9 Å². The summed E-state index contributed by atoms with van der Waals surface area (Å²) in [5.74, 6) is -0.00988. The van der Waals surface area contributed by atoms with E-state index in [1.54, 1.807) is 25.1 Å². The van der Waals surface area contributed by atoms with Crippen LogP contribution in [0.5, 0.6) is 0 Å². The summed E-state index contributed by atoms with van der Waals surface area (Å²) in [4.78, 5) is 11.9. The summed E-state index contributed by atoms with van der Waals surface area (Å²) in [5.41, 5.74) is 0.454. The highest BCUT2D eigenvalue weighted by Crippen LogP contribution is 2.18. The summed E-state index contributed by atoms with van der Waals surface area (Å²) < 4.78 is 18.3. The number of carbonyl (C=O) groups excluding carboxylic acids is 1. The topological polar surface area (TPSA) is 54.3 Å². The first-order valence-electron chi connectivity index (χ1n) is 6.07. The van der Waals surface area contributed by atoms with Crippen molar-refractivity contribution in [2.75, 3.05) is 5.32 Å². The molecule has 1 amide bonds. The number of amides is 1. The lowest BCUT2D eigenvalue weighted by Crippen LogP contribution is -2.37. The van der Waals surface area contributed by atoms with Crippen molar-refractivity contribution in [3.63, 3.8) is 0 Å². The van der Waals surface area contributed by atoms with Crippen molar-refractivity contribution in [3.05, 3.63) is 53.2 Å². The summed E-state index contributed by atoms with van der Waals surface area (Å²) in [5, 5.41) is 5.87. The van der Waals surface area contributed by atoms with Gasteiger partial charge in [0.1, 0.15) is 17.6 Å². The maximum absolute atomic E-state index is 13.2. The molecule has 1 aromatic carbocycles. The first-order chi connectivity index (χ1) is 9.54. The number of hydrogen-bond acceptors (Lipinski definition) is 3. The van der Waals surface area contributed by atoms with E-state index in [0.29, 0.717) is 18.0 Å². The molecule has 1 atom stereocenters. The van der Waals surface area contributed by atoms with Gasteiger partial charge in [0.25, 0.3) is 0 Å². The third kappa shape index (κ3) is 3.99. The second-order valence-corrected chi connectivity index (χ2v) is 4.76. The molecule has 1 heterocycles. The minimum atomic E-state index is -0.525.